The molecule has 0 radical (unpaired) electrons. The minimum Gasteiger partial charge on any atom is -0.545 e. The van der Waals surface area contributed by atoms with Crippen molar-refractivity contribution in [3.63, 3.8) is 0 Å². The molecule has 26 heavy (non-hydrogen) atoms. The van der Waals surface area contributed by atoms with Crippen LogP contribution in [0.15, 0.2) is 36.4 Å². The molecule has 0 aromatic heterocycles. The van der Waals surface area contributed by atoms with Crippen molar-refractivity contribution in [1.29, 1.82) is 0 Å². The number of halogens is 2. The van der Waals surface area contributed by atoms with Crippen molar-refractivity contribution >= 4 is 23.3 Å². The molecule has 134 valence electrons. The van der Waals surface area contributed by atoms with Gasteiger partial charge in [0.25, 0.3) is 0 Å². The number of benzene rings is 2. The second-order valence-electron chi connectivity index (χ2n) is 7.78. The van der Waals surface area contributed by atoms with E-state index in [1.165, 1.54) is 6.07 Å². The lowest BCUT2D eigenvalue weighted by Gasteiger charge is -2.44. The highest BCUT2D eigenvalue weighted by molar-refractivity contribution is 6.31. The zero-order chi connectivity index (χ0) is 18.0. The molecule has 0 spiro atoms. The summed E-state index contributed by atoms with van der Waals surface area (Å²) in [7, 11) is 0. The highest BCUT2D eigenvalue weighted by atomic mass is 35.5. The van der Waals surface area contributed by atoms with Crippen LogP contribution in [-0.2, 0) is 0 Å². The van der Waals surface area contributed by atoms with Gasteiger partial charge in [0.05, 0.1) is 12.0 Å². The first-order valence-corrected chi connectivity index (χ1v) is 9.48. The summed E-state index contributed by atoms with van der Waals surface area (Å²) >= 11 is 6.38. The van der Waals surface area contributed by atoms with Gasteiger partial charge in [-0.3, -0.25) is 0 Å². The molecule has 1 heterocycles. The summed E-state index contributed by atoms with van der Waals surface area (Å²) in [5.41, 5.74) is 2.65. The molecular weight excluding hydrogens is 353 g/mol. The fraction of sp³-hybridized carbons (Fsp3) is 0.381. The van der Waals surface area contributed by atoms with Gasteiger partial charge >= 0.3 is 0 Å². The smallest absolute Gasteiger partial charge is 0.129 e. The molecule has 3 nitrogen and oxygen atoms in total. The highest BCUT2D eigenvalue weighted by Gasteiger charge is 2.54. The standard InChI is InChI=1S/C21H19ClFNO2/c22-14-2-1-3-15(23)19(14)20-18-11-5-4-10(8-11)17(18)13-9-12(21(25)26)6-7-16(13)24-20/h1-3,6-7,9-11,17-18,20,24H,4-5,8H2,(H,25,26)/p-1/t10-,11-,17+,18+,20+/m0/s1. The summed E-state index contributed by atoms with van der Waals surface area (Å²) in [6.07, 6.45) is 3.42. The predicted octanol–water partition coefficient (Wildman–Crippen LogP) is 4.14. The Morgan fingerprint density at radius 2 is 2.00 bits per heavy atom. The fourth-order valence-corrected chi connectivity index (χ4v) is 5.99. The maximum absolute atomic E-state index is 14.7. The molecule has 0 saturated heterocycles. The normalized spacial score (nSPS) is 31.2. The molecule has 2 saturated carbocycles. The Labute approximate surface area is 156 Å². The van der Waals surface area contributed by atoms with Crippen LogP contribution in [-0.4, -0.2) is 5.97 Å². The van der Waals surface area contributed by atoms with E-state index >= 15 is 0 Å². The second-order valence-corrected chi connectivity index (χ2v) is 8.19. The Kier molecular flexibility index (Phi) is 3.54. The summed E-state index contributed by atoms with van der Waals surface area (Å²) in [5, 5.41) is 15.2. The molecule has 1 N–H and O–H groups in total. The van der Waals surface area contributed by atoms with Crippen LogP contribution in [0.25, 0.3) is 0 Å². The van der Waals surface area contributed by atoms with Crippen LogP contribution in [0.1, 0.15) is 52.7 Å². The number of anilines is 1. The van der Waals surface area contributed by atoms with Gasteiger partial charge in [0.1, 0.15) is 5.82 Å². The fourth-order valence-electron chi connectivity index (χ4n) is 5.71. The van der Waals surface area contributed by atoms with Crippen molar-refractivity contribution < 1.29 is 14.3 Å². The average Bonchev–Trinajstić information content (AvgIpc) is 3.23. The molecule has 5 atom stereocenters. The third kappa shape index (κ3) is 2.21. The number of carbonyl (C=O) groups is 1. The molecule has 5 rings (SSSR count). The number of hydrogen-bond donors (Lipinski definition) is 1. The Bertz CT molecular complexity index is 895. The van der Waals surface area contributed by atoms with Crippen molar-refractivity contribution in [3.8, 4) is 0 Å². The minimum absolute atomic E-state index is 0.190. The van der Waals surface area contributed by atoms with E-state index in [4.69, 9.17) is 11.6 Å². The molecule has 1 aliphatic heterocycles. The van der Waals surface area contributed by atoms with E-state index in [0.717, 1.165) is 30.5 Å². The topological polar surface area (TPSA) is 52.2 Å². The monoisotopic (exact) mass is 370 g/mol. The molecule has 2 fully saturated rings. The van der Waals surface area contributed by atoms with Crippen LogP contribution in [0.4, 0.5) is 10.1 Å². The summed E-state index contributed by atoms with van der Waals surface area (Å²) in [4.78, 5) is 11.3. The average molecular weight is 371 g/mol. The van der Waals surface area contributed by atoms with Crippen molar-refractivity contribution in [3.05, 3.63) is 63.9 Å². The summed E-state index contributed by atoms with van der Waals surface area (Å²) in [6, 6.07) is 9.71. The minimum atomic E-state index is -1.16. The Hall–Kier alpha value is -2.07. The van der Waals surface area contributed by atoms with Crippen LogP contribution in [0.3, 0.4) is 0 Å². The van der Waals surface area contributed by atoms with Crippen molar-refractivity contribution in [2.24, 2.45) is 17.8 Å². The Morgan fingerprint density at radius 1 is 1.19 bits per heavy atom. The van der Waals surface area contributed by atoms with E-state index in [2.05, 4.69) is 5.32 Å². The summed E-state index contributed by atoms with van der Waals surface area (Å²) < 4.78 is 14.7. The van der Waals surface area contributed by atoms with Crippen LogP contribution < -0.4 is 10.4 Å². The number of hydrogen-bond acceptors (Lipinski definition) is 3. The zero-order valence-electron chi connectivity index (χ0n) is 14.0. The molecule has 0 unspecified atom stereocenters. The Morgan fingerprint density at radius 3 is 2.77 bits per heavy atom. The Balaban J connectivity index is 1.67. The van der Waals surface area contributed by atoms with Crippen LogP contribution in [0.5, 0.6) is 0 Å². The van der Waals surface area contributed by atoms with E-state index < -0.39 is 5.97 Å². The van der Waals surface area contributed by atoms with Gasteiger partial charge in [-0.1, -0.05) is 23.7 Å². The molecule has 2 aromatic rings. The molecular formula is C21H18ClFNO2-. The molecule has 2 bridgehead atoms. The van der Waals surface area contributed by atoms with Crippen LogP contribution in [0, 0.1) is 23.6 Å². The largest absolute Gasteiger partial charge is 0.545 e. The first-order valence-electron chi connectivity index (χ1n) is 9.10. The number of carboxylic acids is 1. The third-order valence-electron chi connectivity index (χ3n) is 6.63. The summed E-state index contributed by atoms with van der Waals surface area (Å²) in [5.74, 6) is 0.0598. The van der Waals surface area contributed by atoms with E-state index in [0.29, 0.717) is 22.4 Å². The maximum atomic E-state index is 14.7. The second kappa shape index (κ2) is 5.71. The van der Waals surface area contributed by atoms with E-state index in [1.807, 2.05) is 0 Å². The molecule has 2 aromatic carbocycles. The van der Waals surface area contributed by atoms with Gasteiger partial charge in [0, 0.05) is 16.3 Å². The van der Waals surface area contributed by atoms with E-state index in [-0.39, 0.29) is 29.3 Å². The number of aromatic carboxylic acids is 1. The maximum Gasteiger partial charge on any atom is 0.129 e. The molecule has 0 amide bonds. The van der Waals surface area contributed by atoms with Gasteiger partial charge < -0.3 is 15.2 Å². The lowest BCUT2D eigenvalue weighted by molar-refractivity contribution is -0.255. The lowest BCUT2D eigenvalue weighted by atomic mass is 9.68. The first kappa shape index (κ1) is 16.1. The number of carboxylic acid groups (broad SMARTS) is 1. The van der Waals surface area contributed by atoms with Crippen molar-refractivity contribution in [2.45, 2.75) is 31.2 Å². The number of rotatable bonds is 2. The van der Waals surface area contributed by atoms with Gasteiger partial charge in [-0.2, -0.15) is 0 Å². The van der Waals surface area contributed by atoms with Gasteiger partial charge in [-0.25, -0.2) is 4.39 Å². The van der Waals surface area contributed by atoms with Crippen molar-refractivity contribution in [1.82, 2.24) is 0 Å². The number of carbonyl (C=O) groups excluding carboxylic acids is 1. The van der Waals surface area contributed by atoms with Gasteiger partial charge in [-0.05, 0) is 78.3 Å². The highest BCUT2D eigenvalue weighted by Crippen LogP contribution is 2.64. The lowest BCUT2D eigenvalue weighted by Crippen LogP contribution is -2.36. The van der Waals surface area contributed by atoms with Crippen LogP contribution in [0.2, 0.25) is 5.02 Å². The predicted molar refractivity (Wildman–Crippen MR) is 95.6 cm³/mol. The number of fused-ring (bicyclic) bond motifs is 7. The zero-order valence-corrected chi connectivity index (χ0v) is 14.8. The van der Waals surface area contributed by atoms with Crippen LogP contribution >= 0.6 is 11.6 Å². The SMILES string of the molecule is O=C([O-])c1ccc2c(c1)[C@H]1[C@H]3CC[C@@H](C3)[C@H]1[C@H](c1c(F)cccc1Cl)N2. The number of nitrogens with one attached hydrogen (secondary N) is 1. The van der Waals surface area contributed by atoms with Crippen molar-refractivity contribution in [2.75, 3.05) is 5.32 Å². The van der Waals surface area contributed by atoms with Gasteiger partial charge in [0.15, 0.2) is 0 Å². The first-order chi connectivity index (χ1) is 12.5. The molecule has 5 heteroatoms. The third-order valence-corrected chi connectivity index (χ3v) is 6.96. The van der Waals surface area contributed by atoms with E-state index in [9.17, 15) is 14.3 Å². The van der Waals surface area contributed by atoms with Gasteiger partial charge in [-0.15, -0.1) is 0 Å². The van der Waals surface area contributed by atoms with Gasteiger partial charge in [0.2, 0.25) is 0 Å². The molecule has 3 aliphatic rings. The quantitative estimate of drug-likeness (QED) is 0.864. The summed E-state index contributed by atoms with van der Waals surface area (Å²) in [6.45, 7) is 0. The van der Waals surface area contributed by atoms with E-state index in [1.54, 1.807) is 30.3 Å². The molecule has 2 aliphatic carbocycles.